The number of anilines is 1. The number of hydrogen-bond donors (Lipinski definition) is 1. The van der Waals surface area contributed by atoms with E-state index in [1.54, 1.807) is 28.1 Å². The van der Waals surface area contributed by atoms with Gasteiger partial charge in [-0.15, -0.1) is 22.0 Å². The highest BCUT2D eigenvalue weighted by Gasteiger charge is 2.26. The monoisotopic (exact) mass is 505 g/mol. The zero-order valence-corrected chi connectivity index (χ0v) is 21.0. The topological polar surface area (TPSA) is 89.8 Å². The van der Waals surface area contributed by atoms with E-state index in [9.17, 15) is 9.59 Å². The van der Waals surface area contributed by atoms with Crippen molar-refractivity contribution >= 4 is 57.7 Å². The zero-order valence-electron chi connectivity index (χ0n) is 17.7. The largest absolute Gasteiger partial charge is 0.300 e. The third kappa shape index (κ3) is 5.75. The molecule has 0 bridgehead atoms. The Labute approximate surface area is 203 Å². The molecule has 1 aliphatic heterocycles. The minimum Gasteiger partial charge on any atom is -0.300 e. The summed E-state index contributed by atoms with van der Waals surface area (Å²) >= 11 is 5.84. The van der Waals surface area contributed by atoms with Gasteiger partial charge in [0.1, 0.15) is 0 Å². The van der Waals surface area contributed by atoms with Gasteiger partial charge in [-0.25, -0.2) is 4.98 Å². The lowest BCUT2D eigenvalue weighted by molar-refractivity contribution is -0.113. The van der Waals surface area contributed by atoms with Gasteiger partial charge in [0.25, 0.3) is 5.56 Å². The van der Waals surface area contributed by atoms with E-state index in [-0.39, 0.29) is 17.2 Å². The third-order valence-corrected chi connectivity index (χ3v) is 8.73. The van der Waals surface area contributed by atoms with Crippen LogP contribution in [0.25, 0.3) is 0 Å². The highest BCUT2D eigenvalue weighted by molar-refractivity contribution is 8.01. The van der Waals surface area contributed by atoms with Crippen LogP contribution in [0.4, 0.5) is 5.13 Å². The number of aryl methyl sites for hydroxylation is 1. The molecule has 3 heterocycles. The van der Waals surface area contributed by atoms with Crippen LogP contribution in [0.3, 0.4) is 0 Å². The molecule has 3 aromatic rings. The van der Waals surface area contributed by atoms with E-state index in [4.69, 9.17) is 4.98 Å². The molecule has 7 nitrogen and oxygen atoms in total. The number of carbonyl (C=O) groups is 1. The summed E-state index contributed by atoms with van der Waals surface area (Å²) in [6.45, 7) is 4.67. The SMILES string of the molecule is CCSc1nnc(NC(=O)CSc2nc3c(c(=O)n2CCc2ccccc2)S[C@H](C)C3)s1. The normalized spacial score (nSPS) is 15.0. The Kier molecular flexibility index (Phi) is 7.93. The first kappa shape index (κ1) is 23.3. The molecule has 1 aliphatic rings. The maximum Gasteiger partial charge on any atom is 0.268 e. The minimum atomic E-state index is -0.189. The summed E-state index contributed by atoms with van der Waals surface area (Å²) < 4.78 is 2.55. The third-order valence-electron chi connectivity index (χ3n) is 4.68. The molecule has 0 fully saturated rings. The maximum absolute atomic E-state index is 13.2. The molecule has 11 heteroatoms. The van der Waals surface area contributed by atoms with E-state index in [1.807, 2.05) is 25.1 Å². The van der Waals surface area contributed by atoms with Gasteiger partial charge < -0.3 is 0 Å². The number of fused-ring (bicyclic) bond motifs is 1. The molecule has 0 saturated heterocycles. The summed E-state index contributed by atoms with van der Waals surface area (Å²) in [4.78, 5) is 31.2. The molecule has 1 amide bonds. The quantitative estimate of drug-likeness (QED) is 0.263. The molecular weight excluding hydrogens is 483 g/mol. The van der Waals surface area contributed by atoms with Crippen LogP contribution in [0, 0.1) is 0 Å². The second-order valence-corrected chi connectivity index (χ2v) is 12.0. The molecule has 2 aromatic heterocycles. The number of nitrogens with one attached hydrogen (secondary N) is 1. The molecule has 0 aliphatic carbocycles. The average molecular weight is 506 g/mol. The first-order valence-corrected chi connectivity index (χ1v) is 13.9. The molecular formula is C21H23N5O2S4. The standard InChI is InChI=1S/C21H23N5O2S4/c1-3-29-21-25-24-19(32-21)23-16(27)12-30-20-22-15-11-13(2)31-17(15)18(28)26(20)10-9-14-7-5-4-6-8-14/h4-8,13H,3,9-12H2,1-2H3,(H,23,24,27)/t13-/m1/s1. The van der Waals surface area contributed by atoms with Crippen LogP contribution in [0.2, 0.25) is 0 Å². The Morgan fingerprint density at radius 1 is 1.25 bits per heavy atom. The fraction of sp³-hybridized carbons (Fsp3) is 0.381. The van der Waals surface area contributed by atoms with Crippen LogP contribution in [0.1, 0.15) is 25.1 Å². The Morgan fingerprint density at radius 3 is 2.84 bits per heavy atom. The molecule has 0 unspecified atom stereocenters. The lowest BCUT2D eigenvalue weighted by atomic mass is 10.1. The van der Waals surface area contributed by atoms with Crippen LogP contribution in [0.15, 0.2) is 49.5 Å². The van der Waals surface area contributed by atoms with Gasteiger partial charge in [-0.2, -0.15) is 0 Å². The second-order valence-electron chi connectivity index (χ2n) is 7.14. The smallest absolute Gasteiger partial charge is 0.268 e. The Morgan fingerprint density at radius 2 is 2.06 bits per heavy atom. The number of hydrogen-bond acceptors (Lipinski definition) is 9. The first-order valence-electron chi connectivity index (χ1n) is 10.3. The molecule has 1 N–H and O–H groups in total. The van der Waals surface area contributed by atoms with Gasteiger partial charge in [-0.3, -0.25) is 19.5 Å². The fourth-order valence-corrected chi connectivity index (χ4v) is 6.87. The van der Waals surface area contributed by atoms with Crippen LogP contribution in [-0.4, -0.2) is 42.4 Å². The number of benzene rings is 1. The van der Waals surface area contributed by atoms with E-state index in [0.29, 0.717) is 22.1 Å². The van der Waals surface area contributed by atoms with E-state index in [2.05, 4.69) is 34.6 Å². The van der Waals surface area contributed by atoms with Crippen molar-refractivity contribution < 1.29 is 4.79 Å². The van der Waals surface area contributed by atoms with Crippen molar-refractivity contribution in [1.29, 1.82) is 0 Å². The number of aromatic nitrogens is 4. The van der Waals surface area contributed by atoms with E-state index in [1.165, 1.54) is 23.1 Å². The van der Waals surface area contributed by atoms with Crippen molar-refractivity contribution in [3.8, 4) is 0 Å². The lowest BCUT2D eigenvalue weighted by Crippen LogP contribution is -2.27. The van der Waals surface area contributed by atoms with Gasteiger partial charge in [0.15, 0.2) is 9.50 Å². The van der Waals surface area contributed by atoms with Crippen molar-refractivity contribution in [2.75, 3.05) is 16.8 Å². The minimum absolute atomic E-state index is 0.00598. The predicted molar refractivity (Wildman–Crippen MR) is 133 cm³/mol. The number of nitrogens with zero attached hydrogens (tertiary/aromatic N) is 4. The van der Waals surface area contributed by atoms with Gasteiger partial charge in [-0.05, 0) is 17.7 Å². The van der Waals surface area contributed by atoms with Gasteiger partial charge in [0.2, 0.25) is 11.0 Å². The molecule has 0 radical (unpaired) electrons. The number of thioether (sulfide) groups is 3. The summed E-state index contributed by atoms with van der Waals surface area (Å²) in [5.74, 6) is 0.862. The van der Waals surface area contributed by atoms with Gasteiger partial charge in [0, 0.05) is 18.2 Å². The van der Waals surface area contributed by atoms with Gasteiger partial charge in [-0.1, -0.05) is 79.0 Å². The molecule has 32 heavy (non-hydrogen) atoms. The highest BCUT2D eigenvalue weighted by Crippen LogP contribution is 2.34. The van der Waals surface area contributed by atoms with Crippen molar-refractivity contribution in [3.05, 3.63) is 51.9 Å². The summed E-state index contributed by atoms with van der Waals surface area (Å²) in [6, 6.07) is 10.1. The average Bonchev–Trinajstić information content (AvgIpc) is 3.38. The van der Waals surface area contributed by atoms with Crippen LogP contribution in [-0.2, 0) is 24.2 Å². The zero-order chi connectivity index (χ0) is 22.5. The number of amides is 1. The molecule has 0 saturated carbocycles. The van der Waals surface area contributed by atoms with Crippen molar-refractivity contribution in [1.82, 2.24) is 19.7 Å². The maximum atomic E-state index is 13.2. The Bertz CT molecular complexity index is 1150. The molecule has 1 aromatic carbocycles. The van der Waals surface area contributed by atoms with E-state index < -0.39 is 0 Å². The summed E-state index contributed by atoms with van der Waals surface area (Å²) in [6.07, 6.45) is 1.50. The molecule has 1 atom stereocenters. The van der Waals surface area contributed by atoms with Crippen molar-refractivity contribution in [3.63, 3.8) is 0 Å². The molecule has 4 rings (SSSR count). The van der Waals surface area contributed by atoms with Crippen LogP contribution >= 0.6 is 46.6 Å². The Balaban J connectivity index is 1.48. The predicted octanol–water partition coefficient (Wildman–Crippen LogP) is 4.22. The first-order chi connectivity index (χ1) is 15.5. The Hall–Kier alpha value is -1.82. The van der Waals surface area contributed by atoms with Crippen molar-refractivity contribution in [2.24, 2.45) is 0 Å². The van der Waals surface area contributed by atoms with E-state index in [0.717, 1.165) is 39.1 Å². The van der Waals surface area contributed by atoms with Gasteiger partial charge >= 0.3 is 0 Å². The molecule has 168 valence electrons. The van der Waals surface area contributed by atoms with Crippen molar-refractivity contribution in [2.45, 2.75) is 52.9 Å². The number of carbonyl (C=O) groups excluding carboxylic acids is 1. The van der Waals surface area contributed by atoms with E-state index >= 15 is 0 Å². The van der Waals surface area contributed by atoms with Crippen LogP contribution < -0.4 is 10.9 Å². The highest BCUT2D eigenvalue weighted by atomic mass is 32.2. The lowest BCUT2D eigenvalue weighted by Gasteiger charge is -2.13. The summed E-state index contributed by atoms with van der Waals surface area (Å²) in [7, 11) is 0. The van der Waals surface area contributed by atoms with Crippen LogP contribution in [0.5, 0.6) is 0 Å². The number of rotatable bonds is 9. The summed E-state index contributed by atoms with van der Waals surface area (Å²) in [5, 5.41) is 12.3. The van der Waals surface area contributed by atoms with Gasteiger partial charge in [0.05, 0.1) is 16.3 Å². The summed E-state index contributed by atoms with van der Waals surface area (Å²) in [5.41, 5.74) is 2.00. The molecule has 0 spiro atoms. The fourth-order valence-electron chi connectivity index (χ4n) is 3.25. The second kappa shape index (κ2) is 10.9.